The molecule has 0 N–H and O–H groups in total. The lowest BCUT2D eigenvalue weighted by Crippen LogP contribution is -2.30. The molecule has 6 heteroatoms. The van der Waals surface area contributed by atoms with Gasteiger partial charge >= 0.3 is 6.98 Å². The highest BCUT2D eigenvalue weighted by atomic mass is 19.4. The molecule has 1 rings (SSSR count). The van der Waals surface area contributed by atoms with Gasteiger partial charge in [0.2, 0.25) is 0 Å². The monoisotopic (exact) mass is 237 g/mol. The molecule has 0 spiro atoms. The highest BCUT2D eigenvalue weighted by Gasteiger charge is 2.39. The fourth-order valence-electron chi connectivity index (χ4n) is 1.61. The lowest BCUT2D eigenvalue weighted by molar-refractivity contribution is 0.421. The zero-order valence-corrected chi connectivity index (χ0v) is 8.91. The van der Waals surface area contributed by atoms with E-state index in [1.807, 2.05) is 0 Å². The number of nitrogens with zero attached hydrogens (tertiary/aromatic N) is 2. The number of halogens is 3. The molecule has 0 unspecified atom stereocenters. The van der Waals surface area contributed by atoms with Crippen molar-refractivity contribution in [2.75, 3.05) is 0 Å². The molecule has 0 atom stereocenters. The van der Waals surface area contributed by atoms with Crippen molar-refractivity contribution in [3.63, 3.8) is 0 Å². The minimum atomic E-state index is -5.16. The molecule has 1 aromatic carbocycles. The third-order valence-electron chi connectivity index (χ3n) is 2.36. The van der Waals surface area contributed by atoms with Gasteiger partial charge < -0.3 is 12.9 Å². The molecule has 1 aromatic rings. The lowest BCUT2D eigenvalue weighted by Gasteiger charge is -2.24. The number of hydrogen-bond acceptors (Lipinski definition) is 2. The Morgan fingerprint density at radius 1 is 1.06 bits per heavy atom. The molecule has 0 bridgehead atoms. The van der Waals surface area contributed by atoms with E-state index in [1.165, 1.54) is 12.1 Å². The summed E-state index contributed by atoms with van der Waals surface area (Å²) in [6, 6.07) is 11.3. The molecule has 0 aliphatic carbocycles. The molecule has 0 aliphatic rings. The van der Waals surface area contributed by atoms with Crippen LogP contribution < -0.4 is 0 Å². The molecule has 17 heavy (non-hydrogen) atoms. The van der Waals surface area contributed by atoms with Crippen LogP contribution in [0, 0.1) is 28.1 Å². The third kappa shape index (κ3) is 3.84. The van der Waals surface area contributed by atoms with Gasteiger partial charge in [0.1, 0.15) is 5.41 Å². The minimum absolute atomic E-state index is 0.206. The number of nitriles is 2. The summed E-state index contributed by atoms with van der Waals surface area (Å²) in [6.45, 7) is -5.16. The third-order valence-corrected chi connectivity index (χ3v) is 2.36. The summed E-state index contributed by atoms with van der Waals surface area (Å²) in [4.78, 5) is 0. The molecular formula is C11H9BF3N2-. The van der Waals surface area contributed by atoms with Crippen molar-refractivity contribution in [1.29, 1.82) is 10.5 Å². The summed E-state index contributed by atoms with van der Waals surface area (Å²) < 4.78 is 37.2. The highest BCUT2D eigenvalue weighted by molar-refractivity contribution is 6.58. The van der Waals surface area contributed by atoms with Gasteiger partial charge in [0.15, 0.2) is 0 Å². The minimum Gasteiger partial charge on any atom is -0.449 e. The predicted octanol–water partition coefficient (Wildman–Crippen LogP) is 3.11. The van der Waals surface area contributed by atoms with Crippen LogP contribution in [0.25, 0.3) is 0 Å². The van der Waals surface area contributed by atoms with Crippen LogP contribution in [0.4, 0.5) is 12.9 Å². The Balaban J connectivity index is 2.96. The Bertz CT molecular complexity index is 442. The molecule has 0 amide bonds. The normalized spacial score (nSPS) is 11.6. The van der Waals surface area contributed by atoms with E-state index in [2.05, 4.69) is 0 Å². The van der Waals surface area contributed by atoms with E-state index >= 15 is 0 Å². The summed E-state index contributed by atoms with van der Waals surface area (Å²) in [6.07, 6.45) is -1.56. The molecule has 0 aliphatic heterocycles. The van der Waals surface area contributed by atoms with E-state index in [0.717, 1.165) is 0 Å². The van der Waals surface area contributed by atoms with Crippen LogP contribution in [-0.2, 0) is 6.42 Å². The van der Waals surface area contributed by atoms with Gasteiger partial charge in [0, 0.05) is 6.42 Å². The van der Waals surface area contributed by atoms with Crippen LogP contribution in [-0.4, -0.2) is 6.98 Å². The van der Waals surface area contributed by atoms with Gasteiger partial charge in [0.05, 0.1) is 12.1 Å². The maximum absolute atomic E-state index is 12.4. The van der Waals surface area contributed by atoms with Gasteiger partial charge in [0.25, 0.3) is 0 Å². The van der Waals surface area contributed by atoms with E-state index in [-0.39, 0.29) is 6.42 Å². The quantitative estimate of drug-likeness (QED) is 0.755. The average molecular weight is 237 g/mol. The first-order valence-electron chi connectivity index (χ1n) is 4.98. The molecule has 0 heterocycles. The van der Waals surface area contributed by atoms with Crippen LogP contribution in [0.5, 0.6) is 0 Å². The number of benzene rings is 1. The SMILES string of the molecule is N#CC(C#N)(Cc1ccccc1)C[B-](F)(F)F. The van der Waals surface area contributed by atoms with Crippen molar-refractivity contribution in [2.24, 2.45) is 5.41 Å². The van der Waals surface area contributed by atoms with E-state index in [1.54, 1.807) is 30.3 Å². The highest BCUT2D eigenvalue weighted by Crippen LogP contribution is 2.33. The van der Waals surface area contributed by atoms with Gasteiger partial charge in [-0.15, -0.1) is 0 Å². The zero-order chi connectivity index (χ0) is 12.9. The van der Waals surface area contributed by atoms with Crippen LogP contribution in [0.2, 0.25) is 6.32 Å². The fourth-order valence-corrected chi connectivity index (χ4v) is 1.61. The zero-order valence-electron chi connectivity index (χ0n) is 8.91. The van der Waals surface area contributed by atoms with Crippen molar-refractivity contribution < 1.29 is 12.9 Å². The standard InChI is InChI=1S/C11H9BF3N2/c13-12(14,15)7-11(8-16,9-17)6-10-4-2-1-3-5-10/h1-5H,6-7H2/q-1. The molecule has 0 radical (unpaired) electrons. The first kappa shape index (κ1) is 13.1. The molecule has 0 fully saturated rings. The molecule has 0 aromatic heterocycles. The topological polar surface area (TPSA) is 47.6 Å². The van der Waals surface area contributed by atoms with Gasteiger partial charge in [-0.3, -0.25) is 0 Å². The van der Waals surface area contributed by atoms with Crippen LogP contribution in [0.3, 0.4) is 0 Å². The molecule has 2 nitrogen and oxygen atoms in total. The van der Waals surface area contributed by atoms with Crippen molar-refractivity contribution in [2.45, 2.75) is 12.7 Å². The van der Waals surface area contributed by atoms with E-state index in [0.29, 0.717) is 5.56 Å². The van der Waals surface area contributed by atoms with Crippen molar-refractivity contribution in [3.8, 4) is 12.1 Å². The first-order chi connectivity index (χ1) is 7.91. The second kappa shape index (κ2) is 4.92. The van der Waals surface area contributed by atoms with Crippen LogP contribution >= 0.6 is 0 Å². The fraction of sp³-hybridized carbons (Fsp3) is 0.273. The summed E-state index contributed by atoms with van der Waals surface area (Å²) in [5, 5.41) is 17.7. The Kier molecular flexibility index (Phi) is 3.80. The van der Waals surface area contributed by atoms with Gasteiger partial charge in [-0.1, -0.05) is 36.7 Å². The lowest BCUT2D eigenvalue weighted by atomic mass is 9.67. The van der Waals surface area contributed by atoms with Crippen LogP contribution in [0.15, 0.2) is 30.3 Å². The summed E-state index contributed by atoms with van der Waals surface area (Å²) in [7, 11) is 0. The van der Waals surface area contributed by atoms with E-state index < -0.39 is 18.7 Å². The van der Waals surface area contributed by atoms with E-state index in [9.17, 15) is 12.9 Å². The van der Waals surface area contributed by atoms with Gasteiger partial charge in [-0.05, 0) is 5.56 Å². The van der Waals surface area contributed by atoms with Crippen molar-refractivity contribution >= 4 is 6.98 Å². The smallest absolute Gasteiger partial charge is 0.449 e. The summed E-state index contributed by atoms with van der Waals surface area (Å²) >= 11 is 0. The summed E-state index contributed by atoms with van der Waals surface area (Å²) in [5.74, 6) is 0. The first-order valence-corrected chi connectivity index (χ1v) is 4.98. The number of rotatable bonds is 4. The molecular weight excluding hydrogens is 228 g/mol. The number of hydrogen-bond donors (Lipinski definition) is 0. The van der Waals surface area contributed by atoms with Gasteiger partial charge in [-0.25, -0.2) is 0 Å². The Morgan fingerprint density at radius 2 is 1.59 bits per heavy atom. The predicted molar refractivity (Wildman–Crippen MR) is 57.7 cm³/mol. The summed E-state index contributed by atoms with van der Waals surface area (Å²) in [5.41, 5.74) is -1.46. The molecule has 88 valence electrons. The second-order valence-electron chi connectivity index (χ2n) is 3.88. The molecule has 0 saturated carbocycles. The van der Waals surface area contributed by atoms with Gasteiger partial charge in [-0.2, -0.15) is 10.5 Å². The maximum atomic E-state index is 12.4. The maximum Gasteiger partial charge on any atom is 0.480 e. The Morgan fingerprint density at radius 3 is 2.00 bits per heavy atom. The van der Waals surface area contributed by atoms with Crippen molar-refractivity contribution in [1.82, 2.24) is 0 Å². The van der Waals surface area contributed by atoms with Crippen molar-refractivity contribution in [3.05, 3.63) is 35.9 Å². The molecule has 0 saturated heterocycles. The largest absolute Gasteiger partial charge is 0.480 e. The Hall–Kier alpha value is -1.95. The van der Waals surface area contributed by atoms with Crippen LogP contribution in [0.1, 0.15) is 5.56 Å². The Labute approximate surface area is 97.3 Å². The second-order valence-corrected chi connectivity index (χ2v) is 3.88. The average Bonchev–Trinajstić information content (AvgIpc) is 2.27. The van der Waals surface area contributed by atoms with E-state index in [4.69, 9.17) is 10.5 Å².